The molecule has 2 heteroatoms. The first-order valence-corrected chi connectivity index (χ1v) is 7.51. The van der Waals surface area contributed by atoms with E-state index >= 15 is 0 Å². The van der Waals surface area contributed by atoms with Gasteiger partial charge in [-0.1, -0.05) is 60.7 Å². The van der Waals surface area contributed by atoms with E-state index < -0.39 is 0 Å². The van der Waals surface area contributed by atoms with Crippen molar-refractivity contribution in [3.63, 3.8) is 0 Å². The Morgan fingerprint density at radius 2 is 1.13 bits per heavy atom. The van der Waals surface area contributed by atoms with E-state index in [1.807, 2.05) is 0 Å². The van der Waals surface area contributed by atoms with Crippen molar-refractivity contribution in [2.75, 3.05) is 0 Å². The van der Waals surface area contributed by atoms with Crippen LogP contribution in [0, 0.1) is 0 Å². The van der Waals surface area contributed by atoms with Crippen molar-refractivity contribution in [2.24, 2.45) is 0 Å². The molecule has 0 saturated heterocycles. The lowest BCUT2D eigenvalue weighted by atomic mass is 10.0. The number of rotatable bonds is 3. The minimum Gasteiger partial charge on any atom is -0.0622 e. The molecule has 2 aromatic rings. The maximum atomic E-state index is 3.67. The highest BCUT2D eigenvalue weighted by molar-refractivity contribution is 6.90. The quantitative estimate of drug-likeness (QED) is 0.702. The summed E-state index contributed by atoms with van der Waals surface area (Å²) in [6.45, 7) is 0. The van der Waals surface area contributed by atoms with Crippen LogP contribution in [-0.4, -0.2) is 18.8 Å². The predicted octanol–water partition coefficient (Wildman–Crippen LogP) is 2.56. The Balaban J connectivity index is 2.34. The van der Waals surface area contributed by atoms with Gasteiger partial charge in [0.25, 0.3) is 0 Å². The third-order valence-electron chi connectivity index (χ3n) is 2.41. The predicted molar refractivity (Wildman–Crippen MR) is 66.2 cm³/mol. The Labute approximate surface area is 96.4 Å². The van der Waals surface area contributed by atoms with Crippen molar-refractivity contribution in [1.82, 2.24) is 0 Å². The molecule has 71 valence electrons. The van der Waals surface area contributed by atoms with Gasteiger partial charge in [-0.05, 0) is 16.7 Å². The number of benzene rings is 2. The molecule has 2 aromatic carbocycles. The van der Waals surface area contributed by atoms with Crippen LogP contribution in [0.1, 0.15) is 16.7 Å². The minimum absolute atomic E-state index is 0.476. The molecule has 0 unspecified atom stereocenters. The third-order valence-corrected chi connectivity index (χ3v) is 4.23. The van der Waals surface area contributed by atoms with E-state index in [-0.39, 0.29) is 0 Å². The molecule has 0 aromatic heterocycles. The van der Waals surface area contributed by atoms with Crippen molar-refractivity contribution in [1.29, 1.82) is 0 Å². The summed E-state index contributed by atoms with van der Waals surface area (Å²) < 4.78 is 0. The first kappa shape index (κ1) is 10.4. The molecule has 0 spiro atoms. The van der Waals surface area contributed by atoms with Gasteiger partial charge >= 0.3 is 0 Å². The fourth-order valence-corrected chi connectivity index (χ4v) is 3.37. The molecule has 0 heterocycles. The highest BCUT2D eigenvalue weighted by Gasteiger charge is 2.10. The average molecular weight is 223 g/mol. The molecule has 0 amide bonds. The Bertz CT molecular complexity index is 358. The molecule has 0 bridgehead atoms. The summed E-state index contributed by atoms with van der Waals surface area (Å²) in [4.78, 5) is 0. The van der Waals surface area contributed by atoms with E-state index in [0.29, 0.717) is 14.6 Å². The van der Waals surface area contributed by atoms with E-state index in [1.165, 1.54) is 11.1 Å². The molecule has 15 heavy (non-hydrogen) atoms. The van der Waals surface area contributed by atoms with E-state index in [2.05, 4.69) is 70.4 Å². The normalized spacial score (nSPS) is 10.5. The Morgan fingerprint density at radius 3 is 1.47 bits per heavy atom. The zero-order chi connectivity index (χ0) is 10.5. The lowest BCUT2D eigenvalue weighted by Crippen LogP contribution is -2.09. The van der Waals surface area contributed by atoms with E-state index in [1.54, 1.807) is 0 Å². The van der Waals surface area contributed by atoms with Crippen molar-refractivity contribution < 1.29 is 0 Å². The first-order chi connectivity index (χ1) is 7.42. The van der Waals surface area contributed by atoms with Crippen molar-refractivity contribution in [3.8, 4) is 0 Å². The van der Waals surface area contributed by atoms with Gasteiger partial charge in [-0.25, -0.2) is 0 Å². The molecule has 0 fully saturated rings. The molecule has 0 saturated carbocycles. The third kappa shape index (κ3) is 2.46. The summed E-state index contributed by atoms with van der Waals surface area (Å²) in [5, 5.41) is 0. The van der Waals surface area contributed by atoms with Gasteiger partial charge in [-0.2, -0.15) is 0 Å². The monoisotopic (exact) mass is 223 g/mol. The van der Waals surface area contributed by atoms with Crippen LogP contribution in [0.15, 0.2) is 60.7 Å². The van der Waals surface area contributed by atoms with Crippen LogP contribution in [0.5, 0.6) is 0 Å². The van der Waals surface area contributed by atoms with Gasteiger partial charge in [0.15, 0.2) is 0 Å². The van der Waals surface area contributed by atoms with Crippen LogP contribution in [0.3, 0.4) is 0 Å². The van der Waals surface area contributed by atoms with Gasteiger partial charge in [-0.15, -0.1) is 0 Å². The second-order valence-electron chi connectivity index (χ2n) is 3.40. The number of hydrogen-bond acceptors (Lipinski definition) is 0. The summed E-state index contributed by atoms with van der Waals surface area (Å²) in [5.74, 6) is 0. The first-order valence-electron chi connectivity index (χ1n) is 4.94. The second-order valence-corrected chi connectivity index (χ2v) is 5.13. The van der Waals surface area contributed by atoms with Crippen LogP contribution in [-0.2, 0) is 0 Å². The molecular formula is C13H11Si2. The SMILES string of the molecule is [Si][Si]C(c1ccccc1)c1ccccc1. The molecule has 0 nitrogen and oxygen atoms in total. The smallest absolute Gasteiger partial charge is 0.0342 e. The lowest BCUT2D eigenvalue weighted by molar-refractivity contribution is 1.13. The largest absolute Gasteiger partial charge is 0.0622 e. The van der Waals surface area contributed by atoms with E-state index in [0.717, 1.165) is 0 Å². The molecule has 0 aliphatic rings. The average Bonchev–Trinajstić information content (AvgIpc) is 2.33. The summed E-state index contributed by atoms with van der Waals surface area (Å²) in [5.41, 5.74) is 3.22. The van der Waals surface area contributed by atoms with Gasteiger partial charge in [0.2, 0.25) is 0 Å². The Hall–Kier alpha value is -1.13. The zero-order valence-corrected chi connectivity index (χ0v) is 10.4. The molecule has 0 aliphatic carbocycles. The molecule has 2 rings (SSSR count). The van der Waals surface area contributed by atoms with Gasteiger partial charge in [-0.3, -0.25) is 0 Å². The fourth-order valence-electron chi connectivity index (χ4n) is 1.65. The maximum absolute atomic E-state index is 3.67. The summed E-state index contributed by atoms with van der Waals surface area (Å²) in [6.07, 6.45) is 0. The zero-order valence-electron chi connectivity index (χ0n) is 8.35. The highest BCUT2D eigenvalue weighted by atomic mass is 29.1. The fraction of sp³-hybridized carbons (Fsp3) is 0.0769. The topological polar surface area (TPSA) is 0 Å². The number of hydrogen-bond donors (Lipinski definition) is 0. The molecule has 5 radical (unpaired) electrons. The standard InChI is InChI=1S/C13H11Si2/c14-15-13(11-7-3-1-4-8-11)12-9-5-2-6-10-12/h1-10,13H. The highest BCUT2D eigenvalue weighted by Crippen LogP contribution is 2.22. The second kappa shape index (κ2) is 5.10. The molecule has 0 N–H and O–H groups in total. The van der Waals surface area contributed by atoms with Crippen molar-refractivity contribution in [3.05, 3.63) is 71.8 Å². The molecule has 0 atom stereocenters. The van der Waals surface area contributed by atoms with Crippen LogP contribution in [0.4, 0.5) is 0 Å². The Kier molecular flexibility index (Phi) is 3.53. The van der Waals surface area contributed by atoms with E-state index in [4.69, 9.17) is 0 Å². The summed E-state index contributed by atoms with van der Waals surface area (Å²) in [7, 11) is 4.38. The summed E-state index contributed by atoms with van der Waals surface area (Å²) in [6, 6.07) is 21.2. The van der Waals surface area contributed by atoms with Crippen LogP contribution in [0.25, 0.3) is 0 Å². The molecular weight excluding hydrogens is 212 g/mol. The van der Waals surface area contributed by atoms with Crippen LogP contribution >= 0.6 is 0 Å². The molecule has 0 aliphatic heterocycles. The van der Waals surface area contributed by atoms with Crippen LogP contribution < -0.4 is 0 Å². The maximum Gasteiger partial charge on any atom is 0.0342 e. The van der Waals surface area contributed by atoms with Crippen LogP contribution in [0.2, 0.25) is 0 Å². The lowest BCUT2D eigenvalue weighted by Gasteiger charge is -2.15. The van der Waals surface area contributed by atoms with Gasteiger partial charge in [0.1, 0.15) is 0 Å². The minimum atomic E-state index is 0.476. The van der Waals surface area contributed by atoms with Gasteiger partial charge in [0.05, 0.1) is 0 Å². The van der Waals surface area contributed by atoms with Crippen molar-refractivity contribution in [2.45, 2.75) is 5.54 Å². The van der Waals surface area contributed by atoms with Crippen molar-refractivity contribution >= 4 is 18.8 Å². The summed E-state index contributed by atoms with van der Waals surface area (Å²) >= 11 is 0. The van der Waals surface area contributed by atoms with Gasteiger partial charge < -0.3 is 0 Å². The Morgan fingerprint density at radius 1 is 0.733 bits per heavy atom. The van der Waals surface area contributed by atoms with E-state index in [9.17, 15) is 0 Å². The van der Waals surface area contributed by atoms with Gasteiger partial charge in [0, 0.05) is 18.8 Å².